The molecule has 0 saturated heterocycles. The van der Waals surface area contributed by atoms with E-state index >= 15 is 0 Å². The second-order valence-corrected chi connectivity index (χ2v) is 4.61. The molecule has 0 aliphatic carbocycles. The van der Waals surface area contributed by atoms with Gasteiger partial charge in [0.15, 0.2) is 0 Å². The normalized spacial score (nSPS) is 11.7. The molecule has 19 heavy (non-hydrogen) atoms. The van der Waals surface area contributed by atoms with Crippen molar-refractivity contribution in [3.63, 3.8) is 0 Å². The van der Waals surface area contributed by atoms with Crippen LogP contribution in [0.3, 0.4) is 0 Å². The summed E-state index contributed by atoms with van der Waals surface area (Å²) in [6, 6.07) is 0. The summed E-state index contributed by atoms with van der Waals surface area (Å²) in [4.78, 5) is 0. The molecule has 2 N–H and O–H groups in total. The maximum absolute atomic E-state index is 5.44. The first-order valence-corrected chi connectivity index (χ1v) is 7.30. The SMILES string of the molecule is CCCCOCNCC=C=CNCOCC(C)CC. The van der Waals surface area contributed by atoms with Crippen molar-refractivity contribution in [3.8, 4) is 0 Å². The molecule has 0 rings (SSSR count). The molecule has 112 valence electrons. The van der Waals surface area contributed by atoms with Crippen LogP contribution in [0.15, 0.2) is 18.0 Å². The lowest BCUT2D eigenvalue weighted by molar-refractivity contribution is 0.0961. The predicted molar refractivity (Wildman–Crippen MR) is 79.8 cm³/mol. The van der Waals surface area contributed by atoms with Crippen LogP contribution < -0.4 is 10.6 Å². The van der Waals surface area contributed by atoms with Crippen molar-refractivity contribution >= 4 is 0 Å². The summed E-state index contributed by atoms with van der Waals surface area (Å²) in [5, 5.41) is 6.18. The largest absolute Gasteiger partial charge is 0.366 e. The Hall–Kier alpha value is -0.800. The van der Waals surface area contributed by atoms with E-state index in [1.165, 1.54) is 6.42 Å². The van der Waals surface area contributed by atoms with Crippen molar-refractivity contribution in [1.82, 2.24) is 10.6 Å². The van der Waals surface area contributed by atoms with E-state index < -0.39 is 0 Å². The third-order valence-electron chi connectivity index (χ3n) is 2.68. The van der Waals surface area contributed by atoms with Gasteiger partial charge in [-0.15, -0.1) is 5.73 Å². The van der Waals surface area contributed by atoms with Crippen LogP contribution in [0.4, 0.5) is 0 Å². The van der Waals surface area contributed by atoms with Crippen LogP contribution in [0.25, 0.3) is 0 Å². The van der Waals surface area contributed by atoms with Gasteiger partial charge in [-0.25, -0.2) is 0 Å². The van der Waals surface area contributed by atoms with Gasteiger partial charge in [0.05, 0.1) is 13.3 Å². The minimum absolute atomic E-state index is 0.540. The zero-order valence-electron chi connectivity index (χ0n) is 12.7. The zero-order valence-corrected chi connectivity index (χ0v) is 12.7. The quantitative estimate of drug-likeness (QED) is 0.307. The molecule has 0 radical (unpaired) electrons. The highest BCUT2D eigenvalue weighted by atomic mass is 16.5. The van der Waals surface area contributed by atoms with Crippen LogP contribution in [-0.2, 0) is 9.47 Å². The van der Waals surface area contributed by atoms with Gasteiger partial charge in [-0.1, -0.05) is 33.6 Å². The first-order chi connectivity index (χ1) is 9.31. The number of hydrogen-bond acceptors (Lipinski definition) is 4. The van der Waals surface area contributed by atoms with Crippen LogP contribution in [0.1, 0.15) is 40.0 Å². The van der Waals surface area contributed by atoms with E-state index in [9.17, 15) is 0 Å². The van der Waals surface area contributed by atoms with Gasteiger partial charge in [-0.05, 0) is 18.4 Å². The van der Waals surface area contributed by atoms with E-state index in [1.807, 2.05) is 6.08 Å². The molecule has 0 aromatic carbocycles. The van der Waals surface area contributed by atoms with Gasteiger partial charge in [0.1, 0.15) is 6.73 Å². The Kier molecular flexibility index (Phi) is 14.6. The maximum atomic E-state index is 5.44. The van der Waals surface area contributed by atoms with Crippen LogP contribution in [0.5, 0.6) is 0 Å². The van der Waals surface area contributed by atoms with Gasteiger partial charge >= 0.3 is 0 Å². The summed E-state index contributed by atoms with van der Waals surface area (Å²) < 4.78 is 10.8. The summed E-state index contributed by atoms with van der Waals surface area (Å²) in [7, 11) is 0. The van der Waals surface area contributed by atoms with Crippen molar-refractivity contribution < 1.29 is 9.47 Å². The Balaban J connectivity index is 3.24. The van der Waals surface area contributed by atoms with E-state index in [0.29, 0.717) is 19.4 Å². The zero-order chi connectivity index (χ0) is 14.2. The average Bonchev–Trinajstić information content (AvgIpc) is 2.43. The lowest BCUT2D eigenvalue weighted by Gasteiger charge is -2.08. The summed E-state index contributed by atoms with van der Waals surface area (Å²) in [5.74, 6) is 0.623. The van der Waals surface area contributed by atoms with Crippen molar-refractivity contribution in [2.45, 2.75) is 40.0 Å². The lowest BCUT2D eigenvalue weighted by Crippen LogP contribution is -2.18. The maximum Gasteiger partial charge on any atom is 0.116 e. The van der Waals surface area contributed by atoms with Gasteiger partial charge in [0, 0.05) is 19.4 Å². The van der Waals surface area contributed by atoms with Crippen LogP contribution in [0, 0.1) is 5.92 Å². The summed E-state index contributed by atoms with van der Waals surface area (Å²) in [6.45, 7) is 10.0. The molecule has 0 aromatic rings. The van der Waals surface area contributed by atoms with E-state index in [4.69, 9.17) is 9.47 Å². The molecule has 0 aromatic heterocycles. The van der Waals surface area contributed by atoms with Crippen LogP contribution in [0.2, 0.25) is 0 Å². The summed E-state index contributed by atoms with van der Waals surface area (Å²) >= 11 is 0. The number of nitrogens with one attached hydrogen (secondary N) is 2. The van der Waals surface area contributed by atoms with Crippen LogP contribution >= 0.6 is 0 Å². The Labute approximate surface area is 118 Å². The van der Waals surface area contributed by atoms with Gasteiger partial charge < -0.3 is 14.8 Å². The van der Waals surface area contributed by atoms with Gasteiger partial charge in [0.2, 0.25) is 0 Å². The predicted octanol–water partition coefficient (Wildman–Crippen LogP) is 2.63. The Morgan fingerprint density at radius 1 is 1.21 bits per heavy atom. The highest BCUT2D eigenvalue weighted by Crippen LogP contribution is 1.99. The number of hydrogen-bond donors (Lipinski definition) is 2. The summed E-state index contributed by atoms with van der Waals surface area (Å²) in [5.41, 5.74) is 3.03. The third-order valence-corrected chi connectivity index (χ3v) is 2.68. The molecule has 1 atom stereocenters. The third kappa shape index (κ3) is 15.1. The molecule has 0 spiro atoms. The molecular formula is C15H30N2O2. The Bertz CT molecular complexity index is 238. The molecular weight excluding hydrogens is 240 g/mol. The molecule has 0 aliphatic rings. The van der Waals surface area contributed by atoms with Crippen molar-refractivity contribution in [3.05, 3.63) is 18.0 Å². The van der Waals surface area contributed by atoms with E-state index in [2.05, 4.69) is 37.1 Å². The molecule has 1 unspecified atom stereocenters. The number of rotatable bonds is 13. The van der Waals surface area contributed by atoms with E-state index in [1.54, 1.807) is 6.20 Å². The molecule has 0 fully saturated rings. The van der Waals surface area contributed by atoms with Crippen LogP contribution in [-0.4, -0.2) is 33.2 Å². The lowest BCUT2D eigenvalue weighted by atomic mass is 10.1. The minimum Gasteiger partial charge on any atom is -0.366 e. The van der Waals surface area contributed by atoms with E-state index in [0.717, 1.165) is 32.6 Å². The van der Waals surface area contributed by atoms with Gasteiger partial charge in [0.25, 0.3) is 0 Å². The second-order valence-electron chi connectivity index (χ2n) is 4.61. The fourth-order valence-corrected chi connectivity index (χ4v) is 1.18. The second kappa shape index (κ2) is 15.3. The summed E-state index contributed by atoms with van der Waals surface area (Å²) in [6.07, 6.45) is 7.15. The van der Waals surface area contributed by atoms with Crippen molar-refractivity contribution in [1.29, 1.82) is 0 Å². The highest BCUT2D eigenvalue weighted by Gasteiger charge is 1.96. The molecule has 0 amide bonds. The molecule has 4 nitrogen and oxygen atoms in total. The standard InChI is InChI=1S/C15H30N2O2/c1-4-6-11-18-13-16-9-7-8-10-17-14-19-12-15(3)5-2/h7,10,15-17H,4-6,9,11-14H2,1-3H3. The Morgan fingerprint density at radius 3 is 2.79 bits per heavy atom. The van der Waals surface area contributed by atoms with Gasteiger partial charge in [-0.3, -0.25) is 5.32 Å². The smallest absolute Gasteiger partial charge is 0.116 e. The highest BCUT2D eigenvalue weighted by molar-refractivity contribution is 4.84. The molecule has 0 bridgehead atoms. The number of unbranched alkanes of at least 4 members (excludes halogenated alkanes) is 1. The molecule has 0 heterocycles. The average molecular weight is 270 g/mol. The number of ether oxygens (including phenoxy) is 2. The van der Waals surface area contributed by atoms with E-state index in [-0.39, 0.29) is 0 Å². The minimum atomic E-state index is 0.540. The Morgan fingerprint density at radius 2 is 2.05 bits per heavy atom. The van der Waals surface area contributed by atoms with Crippen molar-refractivity contribution in [2.75, 3.05) is 33.2 Å². The fourth-order valence-electron chi connectivity index (χ4n) is 1.18. The fraction of sp³-hybridized carbons (Fsp3) is 0.800. The molecule has 0 saturated carbocycles. The first-order valence-electron chi connectivity index (χ1n) is 7.30. The topological polar surface area (TPSA) is 42.5 Å². The first kappa shape index (κ1) is 18.2. The monoisotopic (exact) mass is 270 g/mol. The van der Waals surface area contributed by atoms with Crippen molar-refractivity contribution in [2.24, 2.45) is 5.92 Å². The molecule has 0 aliphatic heterocycles. The van der Waals surface area contributed by atoms with Gasteiger partial charge in [-0.2, -0.15) is 0 Å². The molecule has 4 heteroatoms.